The predicted molar refractivity (Wildman–Crippen MR) is 123 cm³/mol. The molecular weight excluding hydrogens is 426 g/mol. The van der Waals surface area contributed by atoms with E-state index in [9.17, 15) is 4.79 Å². The fourth-order valence-corrected chi connectivity index (χ4v) is 3.71. The van der Waals surface area contributed by atoms with Crippen LogP contribution in [0.5, 0.6) is 5.75 Å². The van der Waals surface area contributed by atoms with E-state index in [0.29, 0.717) is 5.75 Å². The van der Waals surface area contributed by atoms with Gasteiger partial charge in [-0.3, -0.25) is 4.79 Å². The third kappa shape index (κ3) is 5.07. The standard InChI is InChI=1S/C25H26BrNO2/c1-17-16-21(26)12-15-23(17)27-24(28)18(2)29-22-13-10-20(11-14-22)25(3,4)19-8-6-5-7-9-19/h5-16,18H,1-4H3,(H,27,28). The van der Waals surface area contributed by atoms with Crippen LogP contribution in [0.2, 0.25) is 0 Å². The van der Waals surface area contributed by atoms with Crippen LogP contribution in [-0.2, 0) is 10.2 Å². The molecule has 1 N–H and O–H groups in total. The summed E-state index contributed by atoms with van der Waals surface area (Å²) < 4.78 is 6.85. The van der Waals surface area contributed by atoms with Gasteiger partial charge in [0.1, 0.15) is 5.75 Å². The van der Waals surface area contributed by atoms with Crippen molar-refractivity contribution in [2.24, 2.45) is 0 Å². The molecular formula is C25H26BrNO2. The van der Waals surface area contributed by atoms with E-state index < -0.39 is 6.10 Å². The highest BCUT2D eigenvalue weighted by Gasteiger charge is 2.23. The Morgan fingerprint density at radius 2 is 1.59 bits per heavy atom. The minimum atomic E-state index is -0.606. The van der Waals surface area contributed by atoms with Gasteiger partial charge in [0.15, 0.2) is 6.10 Å². The second kappa shape index (κ2) is 8.83. The molecule has 0 heterocycles. The van der Waals surface area contributed by atoms with Gasteiger partial charge in [0.05, 0.1) is 0 Å². The quantitative estimate of drug-likeness (QED) is 0.464. The van der Waals surface area contributed by atoms with Crippen LogP contribution in [0.4, 0.5) is 5.69 Å². The van der Waals surface area contributed by atoms with E-state index in [1.807, 2.05) is 43.3 Å². The third-order valence-electron chi connectivity index (χ3n) is 5.20. The van der Waals surface area contributed by atoms with Gasteiger partial charge in [0, 0.05) is 15.6 Å². The Hall–Kier alpha value is -2.59. The summed E-state index contributed by atoms with van der Waals surface area (Å²) in [5, 5.41) is 2.93. The molecule has 1 atom stereocenters. The van der Waals surface area contributed by atoms with Crippen molar-refractivity contribution >= 4 is 27.5 Å². The lowest BCUT2D eigenvalue weighted by Crippen LogP contribution is -2.30. The lowest BCUT2D eigenvalue weighted by atomic mass is 9.78. The molecule has 0 aliphatic heterocycles. The first kappa shape index (κ1) is 21.1. The van der Waals surface area contributed by atoms with Crippen LogP contribution < -0.4 is 10.1 Å². The molecule has 3 rings (SSSR count). The minimum absolute atomic E-state index is 0.109. The number of rotatable bonds is 6. The molecule has 1 unspecified atom stereocenters. The van der Waals surface area contributed by atoms with Gasteiger partial charge < -0.3 is 10.1 Å². The molecule has 4 heteroatoms. The highest BCUT2D eigenvalue weighted by Crippen LogP contribution is 2.32. The van der Waals surface area contributed by atoms with Crippen LogP contribution in [0, 0.1) is 6.92 Å². The summed E-state index contributed by atoms with van der Waals surface area (Å²) in [7, 11) is 0. The number of anilines is 1. The highest BCUT2D eigenvalue weighted by molar-refractivity contribution is 9.10. The Bertz CT molecular complexity index is 981. The second-order valence-corrected chi connectivity index (χ2v) is 8.64. The molecule has 29 heavy (non-hydrogen) atoms. The van der Waals surface area contributed by atoms with Gasteiger partial charge in [-0.05, 0) is 60.9 Å². The molecule has 150 valence electrons. The summed E-state index contributed by atoms with van der Waals surface area (Å²) in [6.07, 6.45) is -0.606. The first-order valence-electron chi connectivity index (χ1n) is 9.67. The first-order valence-corrected chi connectivity index (χ1v) is 10.5. The van der Waals surface area contributed by atoms with Crippen LogP contribution in [0.25, 0.3) is 0 Å². The highest BCUT2D eigenvalue weighted by atomic mass is 79.9. The van der Waals surface area contributed by atoms with Gasteiger partial charge in [0.2, 0.25) is 0 Å². The Kier molecular flexibility index (Phi) is 6.43. The zero-order valence-electron chi connectivity index (χ0n) is 17.2. The van der Waals surface area contributed by atoms with Crippen LogP contribution in [-0.4, -0.2) is 12.0 Å². The van der Waals surface area contributed by atoms with Gasteiger partial charge >= 0.3 is 0 Å². The molecule has 0 fully saturated rings. The molecule has 3 nitrogen and oxygen atoms in total. The van der Waals surface area contributed by atoms with Crippen molar-refractivity contribution in [2.45, 2.75) is 39.2 Å². The largest absolute Gasteiger partial charge is 0.481 e. The van der Waals surface area contributed by atoms with E-state index in [-0.39, 0.29) is 11.3 Å². The summed E-state index contributed by atoms with van der Waals surface area (Å²) in [5.41, 5.74) is 4.12. The lowest BCUT2D eigenvalue weighted by Gasteiger charge is -2.26. The maximum absolute atomic E-state index is 12.5. The van der Waals surface area contributed by atoms with Gasteiger partial charge in [-0.1, -0.05) is 72.2 Å². The molecule has 0 spiro atoms. The van der Waals surface area contributed by atoms with Crippen LogP contribution in [0.15, 0.2) is 77.3 Å². The number of hydrogen-bond donors (Lipinski definition) is 1. The average molecular weight is 452 g/mol. The van der Waals surface area contributed by atoms with Crippen LogP contribution in [0.3, 0.4) is 0 Å². The van der Waals surface area contributed by atoms with E-state index >= 15 is 0 Å². The van der Waals surface area contributed by atoms with E-state index in [2.05, 4.69) is 71.5 Å². The summed E-state index contributed by atoms with van der Waals surface area (Å²) >= 11 is 3.43. The van der Waals surface area contributed by atoms with Crippen LogP contribution in [0.1, 0.15) is 37.5 Å². The predicted octanol–water partition coefficient (Wildman–Crippen LogP) is 6.49. The van der Waals surface area contributed by atoms with Crippen molar-refractivity contribution in [2.75, 3.05) is 5.32 Å². The number of ether oxygens (including phenoxy) is 1. The van der Waals surface area contributed by atoms with Crippen molar-refractivity contribution in [3.05, 3.63) is 94.0 Å². The molecule has 3 aromatic rings. The summed E-state index contributed by atoms with van der Waals surface area (Å²) in [5.74, 6) is 0.497. The Morgan fingerprint density at radius 1 is 0.966 bits per heavy atom. The Balaban J connectivity index is 1.66. The minimum Gasteiger partial charge on any atom is -0.481 e. The summed E-state index contributed by atoms with van der Waals surface area (Å²) in [4.78, 5) is 12.5. The average Bonchev–Trinajstić information content (AvgIpc) is 2.71. The fraction of sp³-hybridized carbons (Fsp3) is 0.240. The number of aryl methyl sites for hydroxylation is 1. The smallest absolute Gasteiger partial charge is 0.265 e. The van der Waals surface area contributed by atoms with E-state index in [1.165, 1.54) is 11.1 Å². The molecule has 0 saturated carbocycles. The number of halogens is 1. The third-order valence-corrected chi connectivity index (χ3v) is 5.69. The first-order chi connectivity index (χ1) is 13.8. The normalized spacial score (nSPS) is 12.3. The SMILES string of the molecule is Cc1cc(Br)ccc1NC(=O)C(C)Oc1ccc(C(C)(C)c2ccccc2)cc1. The fourth-order valence-electron chi connectivity index (χ4n) is 3.23. The number of amides is 1. The van der Waals surface area contributed by atoms with Gasteiger partial charge in [-0.2, -0.15) is 0 Å². The summed E-state index contributed by atoms with van der Waals surface area (Å²) in [6, 6.07) is 24.1. The zero-order valence-corrected chi connectivity index (χ0v) is 18.8. The van der Waals surface area contributed by atoms with Gasteiger partial charge in [-0.15, -0.1) is 0 Å². The monoisotopic (exact) mass is 451 g/mol. The van der Waals surface area contributed by atoms with Gasteiger partial charge in [-0.25, -0.2) is 0 Å². The van der Waals surface area contributed by atoms with E-state index in [4.69, 9.17) is 4.74 Å². The lowest BCUT2D eigenvalue weighted by molar-refractivity contribution is -0.122. The molecule has 0 radical (unpaired) electrons. The van der Waals surface area contributed by atoms with Crippen molar-refractivity contribution in [1.82, 2.24) is 0 Å². The topological polar surface area (TPSA) is 38.3 Å². The number of hydrogen-bond acceptors (Lipinski definition) is 2. The molecule has 0 aliphatic carbocycles. The molecule has 0 saturated heterocycles. The Labute approximate surface area is 181 Å². The maximum Gasteiger partial charge on any atom is 0.265 e. The number of benzene rings is 3. The molecule has 3 aromatic carbocycles. The van der Waals surface area contributed by atoms with E-state index in [0.717, 1.165) is 15.7 Å². The number of carbonyl (C=O) groups is 1. The molecule has 0 aromatic heterocycles. The maximum atomic E-state index is 12.5. The summed E-state index contributed by atoms with van der Waals surface area (Å²) in [6.45, 7) is 8.12. The number of carbonyl (C=O) groups excluding carboxylic acids is 1. The molecule has 0 bridgehead atoms. The zero-order chi connectivity index (χ0) is 21.0. The van der Waals surface area contributed by atoms with Crippen molar-refractivity contribution in [3.63, 3.8) is 0 Å². The van der Waals surface area contributed by atoms with Crippen molar-refractivity contribution in [1.29, 1.82) is 0 Å². The molecule has 1 amide bonds. The van der Waals surface area contributed by atoms with Crippen molar-refractivity contribution < 1.29 is 9.53 Å². The van der Waals surface area contributed by atoms with Crippen molar-refractivity contribution in [3.8, 4) is 5.75 Å². The van der Waals surface area contributed by atoms with Crippen LogP contribution >= 0.6 is 15.9 Å². The second-order valence-electron chi connectivity index (χ2n) is 7.72. The van der Waals surface area contributed by atoms with E-state index in [1.54, 1.807) is 6.92 Å². The number of nitrogens with one attached hydrogen (secondary N) is 1. The molecule has 0 aliphatic rings. The Morgan fingerprint density at radius 3 is 2.21 bits per heavy atom. The van der Waals surface area contributed by atoms with Gasteiger partial charge in [0.25, 0.3) is 5.91 Å².